The minimum absolute atomic E-state index is 0.00277. The summed E-state index contributed by atoms with van der Waals surface area (Å²) in [7, 11) is -2.40. The Kier molecular flexibility index (Phi) is 6.98. The molecule has 170 valence electrons. The maximum Gasteiger partial charge on any atom is 0.269 e. The molecule has 0 aromatic heterocycles. The van der Waals surface area contributed by atoms with Gasteiger partial charge in [0.2, 0.25) is 11.8 Å². The van der Waals surface area contributed by atoms with E-state index < -0.39 is 22.0 Å². The molecule has 2 aromatic carbocycles. The first kappa shape index (κ1) is 23.5. The van der Waals surface area contributed by atoms with Crippen LogP contribution in [0.3, 0.4) is 0 Å². The van der Waals surface area contributed by atoms with Gasteiger partial charge in [0.05, 0.1) is 5.56 Å². The van der Waals surface area contributed by atoms with Crippen LogP contribution >= 0.6 is 0 Å². The molecule has 0 radical (unpaired) electrons. The molecule has 0 bridgehead atoms. The van der Waals surface area contributed by atoms with Crippen LogP contribution in [-0.4, -0.2) is 55.0 Å². The van der Waals surface area contributed by atoms with Gasteiger partial charge in [0.15, 0.2) is 0 Å². The van der Waals surface area contributed by atoms with Crippen LogP contribution in [0, 0.1) is 6.92 Å². The zero-order valence-corrected chi connectivity index (χ0v) is 19.2. The molecule has 2 aromatic rings. The van der Waals surface area contributed by atoms with Crippen LogP contribution in [0.1, 0.15) is 41.3 Å². The van der Waals surface area contributed by atoms with Gasteiger partial charge in [-0.3, -0.25) is 14.4 Å². The monoisotopic (exact) mass is 457 g/mol. The van der Waals surface area contributed by atoms with Crippen LogP contribution in [0.15, 0.2) is 53.4 Å². The van der Waals surface area contributed by atoms with Crippen molar-refractivity contribution in [2.45, 2.75) is 44.2 Å². The minimum Gasteiger partial charge on any atom is -0.357 e. The molecular formula is C23H27N3O5S. The van der Waals surface area contributed by atoms with Gasteiger partial charge in [-0.15, -0.1) is 0 Å². The highest BCUT2D eigenvalue weighted by molar-refractivity contribution is 7.90. The number of hydrogen-bond donors (Lipinski definition) is 1. The lowest BCUT2D eigenvalue weighted by molar-refractivity contribution is -0.140. The first-order valence-corrected chi connectivity index (χ1v) is 11.8. The Morgan fingerprint density at radius 2 is 1.84 bits per heavy atom. The quantitative estimate of drug-likeness (QED) is 0.654. The van der Waals surface area contributed by atoms with Crippen LogP contribution in [0.2, 0.25) is 0 Å². The van der Waals surface area contributed by atoms with Crippen LogP contribution in [0.5, 0.6) is 0 Å². The molecule has 0 aliphatic carbocycles. The van der Waals surface area contributed by atoms with E-state index in [1.54, 1.807) is 19.1 Å². The summed E-state index contributed by atoms with van der Waals surface area (Å²) in [6, 6.07) is 13.0. The molecule has 1 atom stereocenters. The first-order valence-electron chi connectivity index (χ1n) is 10.4. The Bertz CT molecular complexity index is 1150. The number of nitrogens with zero attached hydrogens (tertiary/aromatic N) is 2. The summed E-state index contributed by atoms with van der Waals surface area (Å²) in [5, 5.41) is 2.56. The average Bonchev–Trinajstić information content (AvgIpc) is 2.97. The zero-order valence-electron chi connectivity index (χ0n) is 18.4. The summed E-state index contributed by atoms with van der Waals surface area (Å²) >= 11 is 0. The topological polar surface area (TPSA) is 104 Å². The van der Waals surface area contributed by atoms with E-state index in [0.29, 0.717) is 0 Å². The van der Waals surface area contributed by atoms with Gasteiger partial charge >= 0.3 is 0 Å². The summed E-state index contributed by atoms with van der Waals surface area (Å²) in [6.07, 6.45) is 0.158. The van der Waals surface area contributed by atoms with Gasteiger partial charge in [-0.25, -0.2) is 12.7 Å². The van der Waals surface area contributed by atoms with Crippen molar-refractivity contribution in [1.29, 1.82) is 0 Å². The van der Waals surface area contributed by atoms with E-state index in [9.17, 15) is 22.8 Å². The second-order valence-corrected chi connectivity index (χ2v) is 9.61. The summed E-state index contributed by atoms with van der Waals surface area (Å²) in [5.41, 5.74) is 2.08. The van der Waals surface area contributed by atoms with Gasteiger partial charge in [0.1, 0.15) is 10.9 Å². The fourth-order valence-corrected chi connectivity index (χ4v) is 5.38. The van der Waals surface area contributed by atoms with Crippen LogP contribution in [0.25, 0.3) is 0 Å². The molecule has 1 heterocycles. The molecule has 1 N–H and O–H groups in total. The standard InChI is InChI=1S/C23H27N3O5S/c1-16-8-6-9-18(14-16)15-25(17(2)22(28)24-3)21(27)12-7-13-26-23(29)19-10-4-5-11-20(19)32(26,30)31/h4-6,8-11,14,17H,7,12-13,15H2,1-3H3,(H,24,28). The number of rotatable bonds is 8. The number of sulfonamides is 1. The van der Waals surface area contributed by atoms with E-state index in [2.05, 4.69) is 5.32 Å². The van der Waals surface area contributed by atoms with Gasteiger partial charge in [-0.1, -0.05) is 42.0 Å². The third-order valence-corrected chi connectivity index (χ3v) is 7.35. The Hall–Kier alpha value is -3.20. The van der Waals surface area contributed by atoms with Crippen molar-refractivity contribution >= 4 is 27.7 Å². The van der Waals surface area contributed by atoms with E-state index in [1.165, 1.54) is 24.1 Å². The number of nitrogens with one attached hydrogen (secondary N) is 1. The van der Waals surface area contributed by atoms with Gasteiger partial charge < -0.3 is 10.2 Å². The maximum absolute atomic E-state index is 13.0. The number of benzene rings is 2. The Morgan fingerprint density at radius 3 is 2.50 bits per heavy atom. The smallest absolute Gasteiger partial charge is 0.269 e. The minimum atomic E-state index is -3.91. The van der Waals surface area contributed by atoms with Crippen LogP contribution in [-0.2, 0) is 26.2 Å². The molecule has 8 nitrogen and oxygen atoms in total. The Balaban J connectivity index is 1.70. The molecule has 32 heavy (non-hydrogen) atoms. The lowest BCUT2D eigenvalue weighted by atomic mass is 10.1. The normalized spacial score (nSPS) is 15.2. The fraction of sp³-hybridized carbons (Fsp3) is 0.348. The van der Waals surface area contributed by atoms with E-state index in [-0.39, 0.29) is 48.2 Å². The molecule has 3 rings (SSSR count). The molecule has 0 fully saturated rings. The van der Waals surface area contributed by atoms with Crippen molar-refractivity contribution in [3.63, 3.8) is 0 Å². The lowest BCUT2D eigenvalue weighted by Crippen LogP contribution is -2.46. The molecule has 1 unspecified atom stereocenters. The van der Waals surface area contributed by atoms with Crippen molar-refractivity contribution in [3.8, 4) is 0 Å². The second-order valence-electron chi connectivity index (χ2n) is 7.78. The predicted octanol–water partition coefficient (Wildman–Crippen LogP) is 2.08. The average molecular weight is 458 g/mol. The molecule has 0 spiro atoms. The highest BCUT2D eigenvalue weighted by Gasteiger charge is 2.40. The largest absolute Gasteiger partial charge is 0.357 e. The van der Waals surface area contributed by atoms with E-state index in [0.717, 1.165) is 15.4 Å². The van der Waals surface area contributed by atoms with Gasteiger partial charge in [-0.2, -0.15) is 0 Å². The van der Waals surface area contributed by atoms with Crippen molar-refractivity contribution in [1.82, 2.24) is 14.5 Å². The molecule has 0 saturated heterocycles. The van der Waals surface area contributed by atoms with Crippen molar-refractivity contribution in [3.05, 3.63) is 65.2 Å². The van der Waals surface area contributed by atoms with Crippen molar-refractivity contribution in [2.75, 3.05) is 13.6 Å². The molecule has 1 aliphatic heterocycles. The van der Waals surface area contributed by atoms with Gasteiger partial charge in [0.25, 0.3) is 15.9 Å². The number of carbonyl (C=O) groups excluding carboxylic acids is 3. The summed E-state index contributed by atoms with van der Waals surface area (Å²) < 4.78 is 26.2. The number of aryl methyl sites for hydroxylation is 1. The van der Waals surface area contributed by atoms with Crippen LogP contribution < -0.4 is 5.32 Å². The Morgan fingerprint density at radius 1 is 1.12 bits per heavy atom. The number of carbonyl (C=O) groups is 3. The summed E-state index contributed by atoms with van der Waals surface area (Å²) in [6.45, 7) is 3.75. The van der Waals surface area contributed by atoms with Gasteiger partial charge in [0, 0.05) is 26.6 Å². The maximum atomic E-state index is 13.0. The van der Waals surface area contributed by atoms with Crippen molar-refractivity contribution in [2.24, 2.45) is 0 Å². The van der Waals surface area contributed by atoms with E-state index in [4.69, 9.17) is 0 Å². The number of fused-ring (bicyclic) bond motifs is 1. The molecule has 1 aliphatic rings. The lowest BCUT2D eigenvalue weighted by Gasteiger charge is -2.28. The highest BCUT2D eigenvalue weighted by Crippen LogP contribution is 2.30. The predicted molar refractivity (Wildman–Crippen MR) is 119 cm³/mol. The van der Waals surface area contributed by atoms with Crippen molar-refractivity contribution < 1.29 is 22.8 Å². The highest BCUT2D eigenvalue weighted by atomic mass is 32.2. The van der Waals surface area contributed by atoms with E-state index >= 15 is 0 Å². The molecule has 3 amide bonds. The number of amides is 3. The van der Waals surface area contributed by atoms with Crippen LogP contribution in [0.4, 0.5) is 0 Å². The first-order chi connectivity index (χ1) is 15.2. The zero-order chi connectivity index (χ0) is 23.5. The number of likely N-dealkylation sites (N-methyl/N-ethyl adjacent to an activating group) is 1. The fourth-order valence-electron chi connectivity index (χ4n) is 3.77. The Labute approximate surface area is 188 Å². The van der Waals surface area contributed by atoms with E-state index in [1.807, 2.05) is 31.2 Å². The SMILES string of the molecule is CNC(=O)C(C)N(Cc1cccc(C)c1)C(=O)CCCN1C(=O)c2ccccc2S1(=O)=O. The molecule has 0 saturated carbocycles. The summed E-state index contributed by atoms with van der Waals surface area (Å²) in [4.78, 5) is 39.2. The number of hydrogen-bond acceptors (Lipinski definition) is 5. The van der Waals surface area contributed by atoms with Gasteiger partial charge in [-0.05, 0) is 38.0 Å². The third kappa shape index (κ3) is 4.67. The second kappa shape index (κ2) is 9.52. The third-order valence-electron chi connectivity index (χ3n) is 5.51. The summed E-state index contributed by atoms with van der Waals surface area (Å²) in [5.74, 6) is -1.16. The molecule has 9 heteroatoms. The molecular weight excluding hydrogens is 430 g/mol.